The highest BCUT2D eigenvalue weighted by molar-refractivity contribution is 5.90. The second-order valence-electron chi connectivity index (χ2n) is 10.7. The molecule has 0 radical (unpaired) electrons. The molecule has 40 heavy (non-hydrogen) atoms. The highest BCUT2D eigenvalue weighted by Crippen LogP contribution is 2.39. The zero-order chi connectivity index (χ0) is 28.3. The van der Waals surface area contributed by atoms with Crippen LogP contribution in [-0.4, -0.2) is 64.0 Å². The van der Waals surface area contributed by atoms with Gasteiger partial charge >= 0.3 is 0 Å². The zero-order valence-electron chi connectivity index (χ0n) is 22.8. The maximum atomic E-state index is 12.5. The van der Waals surface area contributed by atoms with E-state index < -0.39 is 12.2 Å². The predicted molar refractivity (Wildman–Crippen MR) is 148 cm³/mol. The number of carbonyl (C=O) groups excluding carboxylic acids is 2. The number of anilines is 1. The lowest BCUT2D eigenvalue weighted by atomic mass is 9.99. The number of nitrogens with one attached hydrogen (secondary N) is 2. The summed E-state index contributed by atoms with van der Waals surface area (Å²) in [5.74, 6) is -0.473. The Morgan fingerprint density at radius 2 is 1.70 bits per heavy atom. The van der Waals surface area contributed by atoms with Crippen molar-refractivity contribution in [3.63, 3.8) is 0 Å². The highest BCUT2D eigenvalue weighted by atomic mass is 16.7. The molecule has 2 aromatic rings. The third-order valence-electron chi connectivity index (χ3n) is 7.45. The molecular weight excluding hydrogens is 514 g/mol. The lowest BCUT2D eigenvalue weighted by Gasteiger charge is -2.38. The number of hydrogen-bond acceptors (Lipinski definition) is 8. The van der Waals surface area contributed by atoms with Crippen molar-refractivity contribution < 1.29 is 34.5 Å². The minimum Gasteiger partial charge on any atom is -0.392 e. The van der Waals surface area contributed by atoms with Gasteiger partial charge in [0.25, 0.3) is 0 Å². The molecule has 2 aliphatic rings. The molecule has 0 aromatic heterocycles. The van der Waals surface area contributed by atoms with Crippen LogP contribution in [0.2, 0.25) is 0 Å². The fourth-order valence-corrected chi connectivity index (χ4v) is 5.27. The number of ether oxygens (including phenoxy) is 2. The summed E-state index contributed by atoms with van der Waals surface area (Å²) in [5, 5.41) is 30.9. The fraction of sp³-hybridized carbons (Fsp3) is 0.533. The Kier molecular flexibility index (Phi) is 11.5. The first-order valence-corrected chi connectivity index (χ1v) is 14.2. The van der Waals surface area contributed by atoms with E-state index in [0.717, 1.165) is 42.5 Å². The van der Waals surface area contributed by atoms with E-state index in [9.17, 15) is 19.8 Å². The molecule has 0 saturated carbocycles. The third kappa shape index (κ3) is 9.09. The van der Waals surface area contributed by atoms with Crippen LogP contribution in [0.5, 0.6) is 0 Å². The van der Waals surface area contributed by atoms with Gasteiger partial charge in [0.1, 0.15) is 0 Å². The minimum atomic E-state index is -0.623. The predicted octanol–water partition coefficient (Wildman–Crippen LogP) is 3.58. The first-order chi connectivity index (χ1) is 19.4. The number of carbonyl (C=O) groups is 2. The lowest BCUT2D eigenvalue weighted by molar-refractivity contribution is -0.252. The molecule has 2 heterocycles. The number of β-amino-alcohol motifs (C(OH)–C–C–N with tert-alkyl or cyclic N) is 1. The van der Waals surface area contributed by atoms with Crippen LogP contribution >= 0.6 is 0 Å². The Bertz CT molecular complexity index is 1100. The fourth-order valence-electron chi connectivity index (χ4n) is 5.27. The number of rotatable bonds is 13. The van der Waals surface area contributed by atoms with Gasteiger partial charge in [0, 0.05) is 50.1 Å². The van der Waals surface area contributed by atoms with Gasteiger partial charge in [-0.05, 0) is 42.5 Å². The normalized spacial score (nSPS) is 23.2. The van der Waals surface area contributed by atoms with Crippen LogP contribution in [-0.2, 0) is 25.7 Å². The van der Waals surface area contributed by atoms with Gasteiger partial charge in [0.15, 0.2) is 6.29 Å². The van der Waals surface area contributed by atoms with Crippen molar-refractivity contribution in [2.24, 2.45) is 0 Å². The van der Waals surface area contributed by atoms with Crippen LogP contribution in [0.25, 0.3) is 0 Å². The molecule has 4 rings (SSSR count). The van der Waals surface area contributed by atoms with Crippen LogP contribution in [0.3, 0.4) is 0 Å². The molecule has 218 valence electrons. The maximum absolute atomic E-state index is 12.5. The Labute approximate surface area is 235 Å². The van der Waals surface area contributed by atoms with Gasteiger partial charge in [-0.1, -0.05) is 49.2 Å². The van der Waals surface area contributed by atoms with E-state index in [2.05, 4.69) is 10.2 Å². The molecule has 0 bridgehead atoms. The molecule has 0 aliphatic carbocycles. The summed E-state index contributed by atoms with van der Waals surface area (Å²) in [6, 6.07) is 15.3. The van der Waals surface area contributed by atoms with Gasteiger partial charge in [-0.25, -0.2) is 5.48 Å². The molecule has 2 fully saturated rings. The van der Waals surface area contributed by atoms with Gasteiger partial charge in [-0.2, -0.15) is 0 Å². The lowest BCUT2D eigenvalue weighted by Crippen LogP contribution is -2.38. The Hall–Kier alpha value is -2.86. The number of nitrogens with zero attached hydrogens (tertiary/aromatic N) is 1. The molecule has 2 saturated heterocycles. The van der Waals surface area contributed by atoms with E-state index >= 15 is 0 Å². The second-order valence-corrected chi connectivity index (χ2v) is 10.7. The largest absolute Gasteiger partial charge is 0.392 e. The number of hydrogen-bond donors (Lipinski definition) is 5. The van der Waals surface area contributed by atoms with Gasteiger partial charge in [0.05, 0.1) is 24.9 Å². The van der Waals surface area contributed by atoms with Crippen LogP contribution in [0.1, 0.15) is 80.5 Å². The number of likely N-dealkylation sites (tertiary alicyclic amines) is 1. The molecular formula is C30H41N3O7. The van der Waals surface area contributed by atoms with Crippen molar-refractivity contribution in [3.05, 3.63) is 65.2 Å². The first kappa shape index (κ1) is 30.1. The van der Waals surface area contributed by atoms with Crippen LogP contribution in [0, 0.1) is 0 Å². The van der Waals surface area contributed by atoms with E-state index in [1.165, 1.54) is 0 Å². The molecule has 10 nitrogen and oxygen atoms in total. The van der Waals surface area contributed by atoms with Crippen molar-refractivity contribution in [3.8, 4) is 0 Å². The van der Waals surface area contributed by atoms with Gasteiger partial charge in [-0.3, -0.25) is 19.7 Å². The van der Waals surface area contributed by atoms with E-state index in [1.54, 1.807) is 5.48 Å². The number of amides is 2. The summed E-state index contributed by atoms with van der Waals surface area (Å²) < 4.78 is 12.8. The average molecular weight is 556 g/mol. The summed E-state index contributed by atoms with van der Waals surface area (Å²) in [4.78, 5) is 25.8. The molecule has 0 unspecified atom stereocenters. The smallest absolute Gasteiger partial charge is 0.243 e. The molecule has 0 spiro atoms. The molecule has 2 aromatic carbocycles. The zero-order valence-corrected chi connectivity index (χ0v) is 22.8. The van der Waals surface area contributed by atoms with Crippen molar-refractivity contribution in [2.75, 3.05) is 25.0 Å². The number of unbranched alkanes of at least 4 members (excludes halogenated alkanes) is 3. The van der Waals surface area contributed by atoms with Crippen molar-refractivity contribution >= 4 is 17.5 Å². The topological polar surface area (TPSA) is 141 Å². The SMILES string of the molecule is O=C(CCCCCCC(=O)Nc1cccc([C@H]2O[C@@H](CN3CC[C@H](O)C3)C[C@@H](c3ccc(CO)cc3)O2)c1)NO. The van der Waals surface area contributed by atoms with E-state index in [-0.39, 0.29) is 37.2 Å². The van der Waals surface area contributed by atoms with Gasteiger partial charge in [0.2, 0.25) is 11.8 Å². The molecule has 2 aliphatic heterocycles. The number of aliphatic hydroxyl groups excluding tert-OH is 2. The standard InChI is InChI=1S/C30H41N3O7/c34-20-21-10-12-22(13-11-21)27-17-26(19-33-15-14-25(35)18-33)39-30(40-27)23-6-5-7-24(16-23)31-28(36)8-3-1-2-4-9-29(37)32-38/h5-7,10-13,16,25-27,30,34-35,38H,1-4,8-9,14-15,17-20H2,(H,31,36)(H,32,37)/t25-,26+,27-,30-/m0/s1. The summed E-state index contributed by atoms with van der Waals surface area (Å²) in [7, 11) is 0. The summed E-state index contributed by atoms with van der Waals surface area (Å²) in [5.41, 5.74) is 4.95. The Morgan fingerprint density at radius 1 is 0.950 bits per heavy atom. The Balaban J connectivity index is 1.36. The van der Waals surface area contributed by atoms with Crippen LogP contribution in [0.15, 0.2) is 48.5 Å². The van der Waals surface area contributed by atoms with Crippen LogP contribution < -0.4 is 10.8 Å². The Morgan fingerprint density at radius 3 is 2.38 bits per heavy atom. The highest BCUT2D eigenvalue weighted by Gasteiger charge is 2.34. The molecule has 5 N–H and O–H groups in total. The second kappa shape index (κ2) is 15.2. The van der Waals surface area contributed by atoms with Crippen molar-refractivity contribution in [1.29, 1.82) is 0 Å². The van der Waals surface area contributed by atoms with E-state index in [1.807, 2.05) is 48.5 Å². The van der Waals surface area contributed by atoms with E-state index in [4.69, 9.17) is 14.7 Å². The third-order valence-corrected chi connectivity index (χ3v) is 7.45. The first-order valence-electron chi connectivity index (χ1n) is 14.2. The van der Waals surface area contributed by atoms with E-state index in [0.29, 0.717) is 44.5 Å². The molecule has 4 atom stereocenters. The van der Waals surface area contributed by atoms with Gasteiger partial charge < -0.3 is 25.0 Å². The number of hydroxylamine groups is 1. The summed E-state index contributed by atoms with van der Waals surface area (Å²) >= 11 is 0. The minimum absolute atomic E-state index is 0.0146. The summed E-state index contributed by atoms with van der Waals surface area (Å²) in [6.07, 6.45) is 3.88. The molecule has 10 heteroatoms. The van der Waals surface area contributed by atoms with Crippen molar-refractivity contribution in [2.45, 2.75) is 82.6 Å². The van der Waals surface area contributed by atoms with Crippen molar-refractivity contribution in [1.82, 2.24) is 10.4 Å². The van der Waals surface area contributed by atoms with Gasteiger partial charge in [-0.15, -0.1) is 0 Å². The molecule has 2 amide bonds. The maximum Gasteiger partial charge on any atom is 0.243 e. The van der Waals surface area contributed by atoms with Crippen LogP contribution in [0.4, 0.5) is 5.69 Å². The number of aliphatic hydroxyl groups is 2. The monoisotopic (exact) mass is 555 g/mol. The average Bonchev–Trinajstić information content (AvgIpc) is 3.38. The summed E-state index contributed by atoms with van der Waals surface area (Å²) in [6.45, 7) is 2.16. The quantitative estimate of drug-likeness (QED) is 0.144. The number of benzene rings is 2.